The third-order valence-electron chi connectivity index (χ3n) is 4.14. The number of para-hydroxylation sites is 1. The Morgan fingerprint density at radius 2 is 2.00 bits per heavy atom. The molecule has 0 amide bonds. The molecule has 116 valence electrons. The van der Waals surface area contributed by atoms with Crippen LogP contribution in [0.3, 0.4) is 0 Å². The minimum atomic E-state index is -4.13. The number of nitro benzene ring substituents is 1. The molecule has 2 atom stereocenters. The van der Waals surface area contributed by atoms with Gasteiger partial charge in [-0.3, -0.25) is 10.1 Å². The standard InChI is InChI=1S/C13H19N3O4S/c1-9-6-7-15(8-10(9)2)11-4-3-5-12(21(14,19)20)13(11)16(17)18/h3-5,9-10H,6-8H2,1-2H3,(H2,14,19,20)/t9-,10+/m0/s1. The molecule has 1 aromatic rings. The van der Waals surface area contributed by atoms with E-state index in [1.807, 2.05) is 4.90 Å². The quantitative estimate of drug-likeness (QED) is 0.675. The largest absolute Gasteiger partial charge is 0.366 e. The summed E-state index contributed by atoms with van der Waals surface area (Å²) >= 11 is 0. The molecule has 2 N–H and O–H groups in total. The van der Waals surface area contributed by atoms with Gasteiger partial charge in [0.25, 0.3) is 0 Å². The Balaban J connectivity index is 2.52. The van der Waals surface area contributed by atoms with Gasteiger partial charge in [-0.25, -0.2) is 13.6 Å². The molecule has 8 heteroatoms. The van der Waals surface area contributed by atoms with Crippen LogP contribution >= 0.6 is 0 Å². The first kappa shape index (κ1) is 15.7. The Morgan fingerprint density at radius 1 is 1.33 bits per heavy atom. The molecule has 0 aliphatic carbocycles. The molecule has 1 aliphatic rings. The lowest BCUT2D eigenvalue weighted by molar-refractivity contribution is -0.387. The van der Waals surface area contributed by atoms with E-state index in [-0.39, 0.29) is 0 Å². The number of nitrogens with two attached hydrogens (primary N) is 1. The van der Waals surface area contributed by atoms with E-state index in [0.29, 0.717) is 30.6 Å². The summed E-state index contributed by atoms with van der Waals surface area (Å²) in [6.07, 6.45) is 0.915. The van der Waals surface area contributed by atoms with Crippen LogP contribution in [0.4, 0.5) is 11.4 Å². The Labute approximate surface area is 123 Å². The Kier molecular flexibility index (Phi) is 4.20. The van der Waals surface area contributed by atoms with E-state index in [1.165, 1.54) is 12.1 Å². The highest BCUT2D eigenvalue weighted by Crippen LogP contribution is 2.36. The highest BCUT2D eigenvalue weighted by molar-refractivity contribution is 7.89. The maximum Gasteiger partial charge on any atom is 0.312 e. The molecule has 0 aromatic heterocycles. The van der Waals surface area contributed by atoms with Crippen molar-refractivity contribution in [2.24, 2.45) is 17.0 Å². The highest BCUT2D eigenvalue weighted by Gasteiger charge is 2.32. The van der Waals surface area contributed by atoms with Gasteiger partial charge < -0.3 is 4.90 Å². The molecule has 0 bridgehead atoms. The van der Waals surface area contributed by atoms with Crippen LogP contribution in [0.25, 0.3) is 0 Å². The van der Waals surface area contributed by atoms with Crippen LogP contribution in [0.2, 0.25) is 0 Å². The van der Waals surface area contributed by atoms with E-state index in [4.69, 9.17) is 5.14 Å². The summed E-state index contributed by atoms with van der Waals surface area (Å²) in [7, 11) is -4.13. The molecule has 1 saturated heterocycles. The SMILES string of the molecule is C[C@@H]1CN(c2cccc(S(N)(=O)=O)c2[N+](=O)[O-])CC[C@@H]1C. The predicted octanol–water partition coefficient (Wildman–Crippen LogP) is 1.72. The van der Waals surface area contributed by atoms with Crippen LogP contribution in [0, 0.1) is 22.0 Å². The number of hydrogen-bond acceptors (Lipinski definition) is 5. The molecule has 2 rings (SSSR count). The average molecular weight is 313 g/mol. The molecule has 0 spiro atoms. The maximum absolute atomic E-state index is 11.6. The van der Waals surface area contributed by atoms with Crippen molar-refractivity contribution in [2.75, 3.05) is 18.0 Å². The lowest BCUT2D eigenvalue weighted by atomic mass is 9.88. The van der Waals surface area contributed by atoms with E-state index >= 15 is 0 Å². The number of sulfonamides is 1. The molecule has 21 heavy (non-hydrogen) atoms. The van der Waals surface area contributed by atoms with Crippen molar-refractivity contribution in [3.8, 4) is 0 Å². The van der Waals surface area contributed by atoms with Gasteiger partial charge in [0, 0.05) is 13.1 Å². The Hall–Kier alpha value is -1.67. The first-order valence-electron chi connectivity index (χ1n) is 6.77. The summed E-state index contributed by atoms with van der Waals surface area (Å²) in [5, 5.41) is 16.4. The lowest BCUT2D eigenvalue weighted by Crippen LogP contribution is -2.38. The van der Waals surface area contributed by atoms with Crippen LogP contribution in [-0.4, -0.2) is 26.4 Å². The number of hydrogen-bond donors (Lipinski definition) is 1. The molecule has 1 heterocycles. The lowest BCUT2D eigenvalue weighted by Gasteiger charge is -2.36. The fourth-order valence-electron chi connectivity index (χ4n) is 2.66. The van der Waals surface area contributed by atoms with Gasteiger partial charge in [-0.2, -0.15) is 0 Å². The van der Waals surface area contributed by atoms with Crippen molar-refractivity contribution in [3.05, 3.63) is 28.3 Å². The highest BCUT2D eigenvalue weighted by atomic mass is 32.2. The van der Waals surface area contributed by atoms with E-state index < -0.39 is 25.5 Å². The third kappa shape index (κ3) is 3.16. The number of nitro groups is 1. The summed E-state index contributed by atoms with van der Waals surface area (Å²) in [6.45, 7) is 5.57. The summed E-state index contributed by atoms with van der Waals surface area (Å²) in [5.41, 5.74) is -0.105. The van der Waals surface area contributed by atoms with Gasteiger partial charge in [-0.1, -0.05) is 19.9 Å². The Morgan fingerprint density at radius 3 is 2.52 bits per heavy atom. The van der Waals surface area contributed by atoms with Crippen molar-refractivity contribution < 1.29 is 13.3 Å². The van der Waals surface area contributed by atoms with Crippen molar-refractivity contribution in [2.45, 2.75) is 25.2 Å². The van der Waals surface area contributed by atoms with Crippen LogP contribution in [0.5, 0.6) is 0 Å². The summed E-state index contributed by atoms with van der Waals surface area (Å²) < 4.78 is 23.1. The molecule has 1 aliphatic heterocycles. The second-order valence-electron chi connectivity index (χ2n) is 5.62. The van der Waals surface area contributed by atoms with E-state index in [0.717, 1.165) is 6.42 Å². The molecule has 7 nitrogen and oxygen atoms in total. The van der Waals surface area contributed by atoms with Crippen molar-refractivity contribution in [1.82, 2.24) is 0 Å². The smallest absolute Gasteiger partial charge is 0.312 e. The summed E-state index contributed by atoms with van der Waals surface area (Å²) in [6, 6.07) is 4.24. The fraction of sp³-hybridized carbons (Fsp3) is 0.538. The molecule has 0 radical (unpaired) electrons. The third-order valence-corrected chi connectivity index (χ3v) is 5.08. The number of anilines is 1. The van der Waals surface area contributed by atoms with Gasteiger partial charge in [0.15, 0.2) is 4.90 Å². The summed E-state index contributed by atoms with van der Waals surface area (Å²) in [5.74, 6) is 0.929. The van der Waals surface area contributed by atoms with E-state index in [2.05, 4.69) is 13.8 Å². The maximum atomic E-state index is 11.6. The zero-order valence-electron chi connectivity index (χ0n) is 12.0. The second kappa shape index (κ2) is 5.61. The van der Waals surface area contributed by atoms with Gasteiger partial charge in [-0.05, 0) is 30.4 Å². The predicted molar refractivity (Wildman–Crippen MR) is 79.6 cm³/mol. The second-order valence-corrected chi connectivity index (χ2v) is 7.15. The van der Waals surface area contributed by atoms with Crippen LogP contribution < -0.4 is 10.0 Å². The van der Waals surface area contributed by atoms with Gasteiger partial charge >= 0.3 is 5.69 Å². The van der Waals surface area contributed by atoms with Gasteiger partial charge in [-0.15, -0.1) is 0 Å². The first-order valence-corrected chi connectivity index (χ1v) is 8.31. The molecule has 0 saturated carbocycles. The van der Waals surface area contributed by atoms with Crippen LogP contribution in [0.15, 0.2) is 23.1 Å². The van der Waals surface area contributed by atoms with Crippen LogP contribution in [0.1, 0.15) is 20.3 Å². The van der Waals surface area contributed by atoms with Gasteiger partial charge in [0.05, 0.1) is 4.92 Å². The minimum absolute atomic E-state index is 0.324. The van der Waals surface area contributed by atoms with E-state index in [1.54, 1.807) is 6.07 Å². The van der Waals surface area contributed by atoms with Gasteiger partial charge in [0.2, 0.25) is 10.0 Å². The van der Waals surface area contributed by atoms with Crippen molar-refractivity contribution in [3.63, 3.8) is 0 Å². The minimum Gasteiger partial charge on any atom is -0.366 e. The number of piperidine rings is 1. The molecular weight excluding hydrogens is 294 g/mol. The van der Waals surface area contributed by atoms with E-state index in [9.17, 15) is 18.5 Å². The van der Waals surface area contributed by atoms with Crippen molar-refractivity contribution in [1.29, 1.82) is 0 Å². The zero-order valence-corrected chi connectivity index (χ0v) is 12.8. The number of primary sulfonamides is 1. The molecular formula is C13H19N3O4S. The first-order chi connectivity index (χ1) is 9.71. The van der Waals surface area contributed by atoms with Crippen molar-refractivity contribution >= 4 is 21.4 Å². The molecule has 1 fully saturated rings. The molecule has 1 aromatic carbocycles. The summed E-state index contributed by atoms with van der Waals surface area (Å²) in [4.78, 5) is 12.1. The number of benzene rings is 1. The van der Waals surface area contributed by atoms with Crippen LogP contribution in [-0.2, 0) is 10.0 Å². The fourth-order valence-corrected chi connectivity index (χ4v) is 3.38. The number of rotatable bonds is 3. The zero-order chi connectivity index (χ0) is 15.8. The van der Waals surface area contributed by atoms with Gasteiger partial charge in [0.1, 0.15) is 5.69 Å². The monoisotopic (exact) mass is 313 g/mol. The Bertz CT molecular complexity index is 659. The molecule has 0 unspecified atom stereocenters. The topological polar surface area (TPSA) is 107 Å². The average Bonchev–Trinajstić information content (AvgIpc) is 2.40. The number of nitrogens with zero attached hydrogens (tertiary/aromatic N) is 2. The normalized spacial score (nSPS) is 23.1.